The molecule has 102 valence electrons. The Morgan fingerprint density at radius 2 is 2.29 bits per heavy atom. The number of halogens is 1. The summed E-state index contributed by atoms with van der Waals surface area (Å²) in [6.07, 6.45) is 3.49. The Bertz CT molecular complexity index is 209. The lowest BCUT2D eigenvalue weighted by atomic mass is 10.1. The largest absolute Gasteiger partial charge is 0.351 e. The molecule has 0 aromatic rings. The van der Waals surface area contributed by atoms with Crippen LogP contribution in [0.15, 0.2) is 0 Å². The van der Waals surface area contributed by atoms with Crippen LogP contribution in [-0.4, -0.2) is 36.5 Å². The van der Waals surface area contributed by atoms with E-state index < -0.39 is 0 Å². The van der Waals surface area contributed by atoms with Crippen LogP contribution in [0.25, 0.3) is 0 Å². The number of nitrogens with one attached hydrogen (secondary N) is 2. The van der Waals surface area contributed by atoms with Crippen molar-refractivity contribution in [1.29, 1.82) is 0 Å². The fraction of sp³-hybridized carbons (Fsp3) is 0.917. The molecule has 0 aromatic carbocycles. The number of piperidine rings is 1. The third kappa shape index (κ3) is 8.75. The molecule has 0 aromatic heterocycles. The molecule has 1 aliphatic rings. The van der Waals surface area contributed by atoms with Crippen molar-refractivity contribution in [2.45, 2.75) is 39.2 Å². The quantitative estimate of drug-likeness (QED) is 0.732. The average Bonchev–Trinajstić information content (AvgIpc) is 2.25. The van der Waals surface area contributed by atoms with E-state index in [-0.39, 0.29) is 18.3 Å². The van der Waals surface area contributed by atoms with Crippen molar-refractivity contribution in [1.82, 2.24) is 10.6 Å². The smallest absolute Gasteiger partial charge is 0.230 e. The monoisotopic (exact) mass is 280 g/mol. The second-order valence-corrected chi connectivity index (χ2v) is 5.95. The molecule has 1 aliphatic heterocycles. The molecule has 5 heteroatoms. The first-order chi connectivity index (χ1) is 7.68. The van der Waals surface area contributed by atoms with Gasteiger partial charge < -0.3 is 10.6 Å². The molecular weight excluding hydrogens is 256 g/mol. The summed E-state index contributed by atoms with van der Waals surface area (Å²) >= 11 is 1.75. The van der Waals surface area contributed by atoms with E-state index in [1.807, 2.05) is 0 Å². The molecule has 0 bridgehead atoms. The zero-order chi connectivity index (χ0) is 11.8. The molecule has 1 atom stereocenters. The van der Waals surface area contributed by atoms with Crippen molar-refractivity contribution in [2.75, 3.05) is 24.6 Å². The van der Waals surface area contributed by atoms with Crippen LogP contribution in [0.4, 0.5) is 0 Å². The van der Waals surface area contributed by atoms with Gasteiger partial charge in [-0.1, -0.05) is 13.8 Å². The van der Waals surface area contributed by atoms with E-state index in [2.05, 4.69) is 24.5 Å². The highest BCUT2D eigenvalue weighted by atomic mass is 35.5. The molecule has 0 spiro atoms. The lowest BCUT2D eigenvalue weighted by Crippen LogP contribution is -2.46. The van der Waals surface area contributed by atoms with E-state index >= 15 is 0 Å². The van der Waals surface area contributed by atoms with Gasteiger partial charge in [0, 0.05) is 12.6 Å². The summed E-state index contributed by atoms with van der Waals surface area (Å²) in [6, 6.07) is 0.354. The molecule has 1 heterocycles. The van der Waals surface area contributed by atoms with Gasteiger partial charge in [-0.15, -0.1) is 12.4 Å². The SMILES string of the molecule is CC(C)CCSCC(=O)NC1CCCNC1.Cl. The molecule has 0 radical (unpaired) electrons. The normalized spacial score (nSPS) is 19.8. The van der Waals surface area contributed by atoms with Gasteiger partial charge >= 0.3 is 0 Å². The number of hydrogen-bond acceptors (Lipinski definition) is 3. The first-order valence-corrected chi connectivity index (χ1v) is 7.41. The van der Waals surface area contributed by atoms with Gasteiger partial charge in [-0.25, -0.2) is 0 Å². The molecule has 1 saturated heterocycles. The van der Waals surface area contributed by atoms with E-state index in [1.165, 1.54) is 12.8 Å². The second-order valence-electron chi connectivity index (χ2n) is 4.85. The van der Waals surface area contributed by atoms with E-state index in [1.54, 1.807) is 11.8 Å². The van der Waals surface area contributed by atoms with E-state index in [9.17, 15) is 4.79 Å². The van der Waals surface area contributed by atoms with Crippen LogP contribution < -0.4 is 10.6 Å². The molecule has 17 heavy (non-hydrogen) atoms. The predicted molar refractivity (Wildman–Crippen MR) is 78.1 cm³/mol. The van der Waals surface area contributed by atoms with Crippen molar-refractivity contribution in [3.05, 3.63) is 0 Å². The molecule has 1 rings (SSSR count). The van der Waals surface area contributed by atoms with Gasteiger partial charge in [0.25, 0.3) is 0 Å². The van der Waals surface area contributed by atoms with Crippen molar-refractivity contribution in [3.63, 3.8) is 0 Å². The Morgan fingerprint density at radius 3 is 2.88 bits per heavy atom. The maximum Gasteiger partial charge on any atom is 0.230 e. The summed E-state index contributed by atoms with van der Waals surface area (Å²) in [4.78, 5) is 11.6. The third-order valence-electron chi connectivity index (χ3n) is 2.73. The summed E-state index contributed by atoms with van der Waals surface area (Å²) < 4.78 is 0. The number of rotatable bonds is 6. The van der Waals surface area contributed by atoms with Crippen LogP contribution in [0.2, 0.25) is 0 Å². The Kier molecular flexibility index (Phi) is 10.1. The fourth-order valence-corrected chi connectivity index (χ4v) is 2.78. The maximum absolute atomic E-state index is 11.6. The van der Waals surface area contributed by atoms with Crippen molar-refractivity contribution in [3.8, 4) is 0 Å². The predicted octanol–water partition coefficient (Wildman–Crippen LogP) is 2.06. The van der Waals surface area contributed by atoms with Crippen LogP contribution in [0.5, 0.6) is 0 Å². The minimum Gasteiger partial charge on any atom is -0.351 e. The number of thioether (sulfide) groups is 1. The summed E-state index contributed by atoms with van der Waals surface area (Å²) in [6.45, 7) is 6.46. The van der Waals surface area contributed by atoms with Crippen LogP contribution in [-0.2, 0) is 4.79 Å². The minimum absolute atomic E-state index is 0. The molecular formula is C12H25ClN2OS. The first kappa shape index (κ1) is 17.1. The van der Waals surface area contributed by atoms with Gasteiger partial charge in [-0.3, -0.25) is 4.79 Å². The Labute approximate surface area is 115 Å². The number of carbonyl (C=O) groups excluding carboxylic acids is 1. The zero-order valence-electron chi connectivity index (χ0n) is 10.8. The maximum atomic E-state index is 11.6. The molecule has 1 amide bonds. The molecule has 1 unspecified atom stereocenters. The number of hydrogen-bond donors (Lipinski definition) is 2. The lowest BCUT2D eigenvalue weighted by Gasteiger charge is -2.23. The van der Waals surface area contributed by atoms with Crippen LogP contribution in [0, 0.1) is 5.92 Å². The summed E-state index contributed by atoms with van der Waals surface area (Å²) in [5.41, 5.74) is 0. The summed E-state index contributed by atoms with van der Waals surface area (Å²) in [7, 11) is 0. The van der Waals surface area contributed by atoms with E-state index in [4.69, 9.17) is 0 Å². The highest BCUT2D eigenvalue weighted by Crippen LogP contribution is 2.08. The zero-order valence-corrected chi connectivity index (χ0v) is 12.5. The Morgan fingerprint density at radius 1 is 1.53 bits per heavy atom. The van der Waals surface area contributed by atoms with Crippen molar-refractivity contribution in [2.24, 2.45) is 5.92 Å². The topological polar surface area (TPSA) is 41.1 Å². The summed E-state index contributed by atoms with van der Waals surface area (Å²) in [5, 5.41) is 6.39. The molecule has 1 fully saturated rings. The standard InChI is InChI=1S/C12H24N2OS.ClH/c1-10(2)5-7-16-9-12(15)14-11-4-3-6-13-8-11;/h10-11,13H,3-9H2,1-2H3,(H,14,15);1H. The number of carbonyl (C=O) groups is 1. The molecule has 2 N–H and O–H groups in total. The van der Waals surface area contributed by atoms with E-state index in [0.717, 1.165) is 31.2 Å². The molecule has 0 saturated carbocycles. The Hall–Kier alpha value is 0.0700. The lowest BCUT2D eigenvalue weighted by molar-refractivity contribution is -0.119. The third-order valence-corrected chi connectivity index (χ3v) is 3.73. The molecule has 3 nitrogen and oxygen atoms in total. The highest BCUT2D eigenvalue weighted by molar-refractivity contribution is 7.99. The average molecular weight is 281 g/mol. The van der Waals surface area contributed by atoms with Crippen LogP contribution >= 0.6 is 24.2 Å². The Balaban J connectivity index is 0.00000256. The number of amides is 1. The fourth-order valence-electron chi connectivity index (χ4n) is 1.73. The second kappa shape index (κ2) is 10.0. The van der Waals surface area contributed by atoms with Gasteiger partial charge in [0.15, 0.2) is 0 Å². The van der Waals surface area contributed by atoms with Crippen molar-refractivity contribution >= 4 is 30.1 Å². The van der Waals surface area contributed by atoms with Gasteiger partial charge in [-0.05, 0) is 37.5 Å². The van der Waals surface area contributed by atoms with Gasteiger partial charge in [0.05, 0.1) is 5.75 Å². The first-order valence-electron chi connectivity index (χ1n) is 6.26. The van der Waals surface area contributed by atoms with Crippen molar-refractivity contribution < 1.29 is 4.79 Å². The van der Waals surface area contributed by atoms with Crippen LogP contribution in [0.3, 0.4) is 0 Å². The van der Waals surface area contributed by atoms with E-state index in [0.29, 0.717) is 11.8 Å². The van der Waals surface area contributed by atoms with Crippen LogP contribution in [0.1, 0.15) is 33.1 Å². The van der Waals surface area contributed by atoms with Gasteiger partial charge in [0.1, 0.15) is 0 Å². The highest BCUT2D eigenvalue weighted by Gasteiger charge is 2.14. The molecule has 0 aliphatic carbocycles. The summed E-state index contributed by atoms with van der Waals surface area (Å²) in [5.74, 6) is 2.64. The van der Waals surface area contributed by atoms with Gasteiger partial charge in [0.2, 0.25) is 5.91 Å². The minimum atomic E-state index is 0. The van der Waals surface area contributed by atoms with Gasteiger partial charge in [-0.2, -0.15) is 11.8 Å².